The number of rotatable bonds is 3. The Hall–Kier alpha value is -2.93. The highest BCUT2D eigenvalue weighted by Gasteiger charge is 2.22. The van der Waals surface area contributed by atoms with Crippen molar-refractivity contribution in [1.82, 2.24) is 19.6 Å². The van der Waals surface area contributed by atoms with Crippen molar-refractivity contribution >= 4 is 33.2 Å². The first kappa shape index (κ1) is 17.2. The van der Waals surface area contributed by atoms with Gasteiger partial charge in [-0.1, -0.05) is 34.1 Å². The molecule has 1 aliphatic rings. The fourth-order valence-corrected chi connectivity index (χ4v) is 4.24. The Morgan fingerprint density at radius 3 is 2.61 bits per heavy atom. The summed E-state index contributed by atoms with van der Waals surface area (Å²) in [6, 6.07) is 16.4. The van der Waals surface area contributed by atoms with E-state index in [0.717, 1.165) is 51.4 Å². The molecule has 0 bridgehead atoms. The smallest absolute Gasteiger partial charge is 0.220 e. The Labute approximate surface area is 171 Å². The first-order valence-electron chi connectivity index (χ1n) is 9.32. The van der Waals surface area contributed by atoms with Gasteiger partial charge in [-0.25, -0.2) is 14.5 Å². The molecule has 1 aromatic carbocycles. The van der Waals surface area contributed by atoms with Gasteiger partial charge < -0.3 is 10.6 Å². The summed E-state index contributed by atoms with van der Waals surface area (Å²) in [7, 11) is 0. The molecule has 2 N–H and O–H groups in total. The van der Waals surface area contributed by atoms with E-state index in [-0.39, 0.29) is 5.95 Å². The van der Waals surface area contributed by atoms with Crippen molar-refractivity contribution < 1.29 is 0 Å². The molecule has 0 saturated carbocycles. The van der Waals surface area contributed by atoms with E-state index in [4.69, 9.17) is 10.8 Å². The number of nitrogens with zero attached hydrogens (tertiary/aromatic N) is 5. The van der Waals surface area contributed by atoms with Crippen molar-refractivity contribution in [2.75, 3.05) is 23.7 Å². The van der Waals surface area contributed by atoms with Crippen LogP contribution in [0.1, 0.15) is 12.8 Å². The predicted molar refractivity (Wildman–Crippen MR) is 115 cm³/mol. The standard InChI is InChI=1S/C21H19BrN6/c22-15-6-3-5-14(13-15)20-19(16-9-10-24-21(23)25-16)17-7-4-8-18(28(17)26-20)27-11-1-2-12-27/h3-10,13H,1-2,11-12H2,(H2,23,24,25). The lowest BCUT2D eigenvalue weighted by Gasteiger charge is -2.18. The van der Waals surface area contributed by atoms with Gasteiger partial charge in [0.25, 0.3) is 0 Å². The molecule has 0 unspecified atom stereocenters. The third kappa shape index (κ3) is 2.92. The largest absolute Gasteiger partial charge is 0.368 e. The summed E-state index contributed by atoms with van der Waals surface area (Å²) in [5.41, 5.74) is 10.5. The van der Waals surface area contributed by atoms with Gasteiger partial charge in [0, 0.05) is 29.3 Å². The van der Waals surface area contributed by atoms with Crippen molar-refractivity contribution in [3.8, 4) is 22.5 Å². The van der Waals surface area contributed by atoms with Crippen LogP contribution in [0.5, 0.6) is 0 Å². The molecular formula is C21H19BrN6. The first-order chi connectivity index (χ1) is 13.7. The summed E-state index contributed by atoms with van der Waals surface area (Å²) >= 11 is 3.58. The van der Waals surface area contributed by atoms with Crippen LogP contribution in [0.4, 0.5) is 11.8 Å². The SMILES string of the molecule is Nc1nccc(-c2c(-c3cccc(Br)c3)nn3c(N4CCCC4)cccc23)n1. The van der Waals surface area contributed by atoms with Crippen molar-refractivity contribution in [3.05, 3.63) is 59.2 Å². The molecule has 0 amide bonds. The summed E-state index contributed by atoms with van der Waals surface area (Å²) < 4.78 is 3.05. The number of aromatic nitrogens is 4. The molecule has 4 heterocycles. The molecule has 4 aromatic rings. The second kappa shape index (κ2) is 6.91. The van der Waals surface area contributed by atoms with Gasteiger partial charge >= 0.3 is 0 Å². The van der Waals surface area contributed by atoms with E-state index in [1.165, 1.54) is 12.8 Å². The molecule has 140 valence electrons. The van der Waals surface area contributed by atoms with Crippen molar-refractivity contribution in [2.24, 2.45) is 0 Å². The monoisotopic (exact) mass is 434 g/mol. The van der Waals surface area contributed by atoms with Gasteiger partial charge in [0.2, 0.25) is 5.95 Å². The van der Waals surface area contributed by atoms with E-state index in [1.54, 1.807) is 6.20 Å². The van der Waals surface area contributed by atoms with E-state index >= 15 is 0 Å². The van der Waals surface area contributed by atoms with E-state index in [9.17, 15) is 0 Å². The fraction of sp³-hybridized carbons (Fsp3) is 0.190. The number of hydrogen-bond acceptors (Lipinski definition) is 5. The maximum absolute atomic E-state index is 5.89. The number of nitrogen functional groups attached to an aromatic ring is 1. The molecule has 3 aromatic heterocycles. The zero-order chi connectivity index (χ0) is 19.1. The van der Waals surface area contributed by atoms with Crippen molar-refractivity contribution in [2.45, 2.75) is 12.8 Å². The average molecular weight is 435 g/mol. The van der Waals surface area contributed by atoms with Gasteiger partial charge in [0.05, 0.1) is 16.8 Å². The Morgan fingerprint density at radius 2 is 1.82 bits per heavy atom. The normalized spacial score (nSPS) is 14.1. The zero-order valence-corrected chi connectivity index (χ0v) is 16.8. The number of hydrogen-bond donors (Lipinski definition) is 1. The molecule has 7 heteroatoms. The Bertz CT molecular complexity index is 1160. The third-order valence-electron chi connectivity index (χ3n) is 5.10. The van der Waals surface area contributed by atoms with E-state index < -0.39 is 0 Å². The van der Waals surface area contributed by atoms with Gasteiger partial charge in [-0.3, -0.25) is 0 Å². The number of nitrogens with two attached hydrogens (primary N) is 1. The van der Waals surface area contributed by atoms with Crippen LogP contribution in [0, 0.1) is 0 Å². The summed E-state index contributed by atoms with van der Waals surface area (Å²) in [5.74, 6) is 1.37. The number of pyridine rings is 1. The van der Waals surface area contributed by atoms with Gasteiger partial charge in [0.15, 0.2) is 0 Å². The van der Waals surface area contributed by atoms with Gasteiger partial charge in [-0.15, -0.1) is 0 Å². The molecule has 1 fully saturated rings. The highest BCUT2D eigenvalue weighted by molar-refractivity contribution is 9.10. The molecule has 0 spiro atoms. The number of anilines is 2. The Morgan fingerprint density at radius 1 is 1.00 bits per heavy atom. The maximum atomic E-state index is 5.89. The van der Waals surface area contributed by atoms with E-state index in [0.29, 0.717) is 0 Å². The second-order valence-corrected chi connectivity index (χ2v) is 7.82. The van der Waals surface area contributed by atoms with E-state index in [2.05, 4.69) is 61.1 Å². The molecule has 0 atom stereocenters. The minimum Gasteiger partial charge on any atom is -0.368 e. The van der Waals surface area contributed by atoms with Gasteiger partial charge in [-0.2, -0.15) is 5.10 Å². The summed E-state index contributed by atoms with van der Waals surface area (Å²) in [6.07, 6.45) is 4.12. The second-order valence-electron chi connectivity index (χ2n) is 6.91. The maximum Gasteiger partial charge on any atom is 0.220 e. The molecule has 1 aliphatic heterocycles. The van der Waals surface area contributed by atoms with Crippen molar-refractivity contribution in [1.29, 1.82) is 0 Å². The van der Waals surface area contributed by atoms with Crippen LogP contribution in [0.2, 0.25) is 0 Å². The Balaban J connectivity index is 1.81. The number of halogens is 1. The third-order valence-corrected chi connectivity index (χ3v) is 5.59. The molecular weight excluding hydrogens is 416 g/mol. The molecule has 28 heavy (non-hydrogen) atoms. The van der Waals surface area contributed by atoms with E-state index in [1.807, 2.05) is 22.7 Å². The van der Waals surface area contributed by atoms with Crippen LogP contribution in [0.15, 0.2) is 59.2 Å². The summed E-state index contributed by atoms with van der Waals surface area (Å²) in [4.78, 5) is 10.9. The highest BCUT2D eigenvalue weighted by atomic mass is 79.9. The fourth-order valence-electron chi connectivity index (χ4n) is 3.84. The van der Waals surface area contributed by atoms with Crippen LogP contribution in [-0.2, 0) is 0 Å². The minimum absolute atomic E-state index is 0.257. The van der Waals surface area contributed by atoms with Crippen LogP contribution in [0.25, 0.3) is 28.0 Å². The van der Waals surface area contributed by atoms with Gasteiger partial charge in [0.1, 0.15) is 11.5 Å². The molecule has 0 radical (unpaired) electrons. The highest BCUT2D eigenvalue weighted by Crippen LogP contribution is 2.37. The lowest BCUT2D eigenvalue weighted by molar-refractivity contribution is 0.863. The lowest BCUT2D eigenvalue weighted by Crippen LogP contribution is -2.20. The minimum atomic E-state index is 0.257. The van der Waals surface area contributed by atoms with Crippen LogP contribution in [0.3, 0.4) is 0 Å². The molecule has 6 nitrogen and oxygen atoms in total. The lowest BCUT2D eigenvalue weighted by atomic mass is 10.0. The van der Waals surface area contributed by atoms with Crippen LogP contribution >= 0.6 is 15.9 Å². The quantitative estimate of drug-likeness (QED) is 0.517. The first-order valence-corrected chi connectivity index (χ1v) is 10.1. The summed E-state index contributed by atoms with van der Waals surface area (Å²) in [5, 5.41) is 5.03. The van der Waals surface area contributed by atoms with Gasteiger partial charge in [-0.05, 0) is 43.2 Å². The average Bonchev–Trinajstić information content (AvgIpc) is 3.36. The molecule has 5 rings (SSSR count). The van der Waals surface area contributed by atoms with Crippen LogP contribution in [-0.4, -0.2) is 32.7 Å². The summed E-state index contributed by atoms with van der Waals surface area (Å²) in [6.45, 7) is 2.11. The number of fused-ring (bicyclic) bond motifs is 1. The molecule has 1 saturated heterocycles. The zero-order valence-electron chi connectivity index (χ0n) is 15.2. The molecule has 0 aliphatic carbocycles. The Kier molecular flexibility index (Phi) is 4.24. The topological polar surface area (TPSA) is 72.3 Å². The predicted octanol–water partition coefficient (Wildman–Crippen LogP) is 4.40. The van der Waals surface area contributed by atoms with Crippen molar-refractivity contribution in [3.63, 3.8) is 0 Å². The number of benzene rings is 1. The van der Waals surface area contributed by atoms with Crippen LogP contribution < -0.4 is 10.6 Å².